The van der Waals surface area contributed by atoms with Crippen molar-refractivity contribution in [2.45, 2.75) is 50.6 Å². The minimum Gasteiger partial charge on any atom is -0.345 e. The van der Waals surface area contributed by atoms with Crippen molar-refractivity contribution in [2.75, 3.05) is 11.9 Å². The molecule has 0 aromatic heterocycles. The van der Waals surface area contributed by atoms with Gasteiger partial charge in [-0.15, -0.1) is 0 Å². The maximum Gasteiger partial charge on any atom is 0.310 e. The maximum atomic E-state index is 12.3. The number of likely N-dealkylation sites (N-methyl/N-ethyl adjacent to an activating group) is 1. The molecule has 1 saturated carbocycles. The lowest BCUT2D eigenvalue weighted by Crippen LogP contribution is -2.47. The highest BCUT2D eigenvalue weighted by Gasteiger charge is 2.37. The van der Waals surface area contributed by atoms with Crippen LogP contribution in [0.2, 0.25) is 0 Å². The van der Waals surface area contributed by atoms with Crippen molar-refractivity contribution in [3.63, 3.8) is 0 Å². The van der Waals surface area contributed by atoms with E-state index in [1.54, 1.807) is 13.1 Å². The maximum absolute atomic E-state index is 12.3. The van der Waals surface area contributed by atoms with E-state index in [-0.39, 0.29) is 11.9 Å². The van der Waals surface area contributed by atoms with E-state index in [0.717, 1.165) is 36.9 Å². The molecule has 1 fully saturated rings. The number of carbonyl (C=O) groups excluding carboxylic acids is 3. The van der Waals surface area contributed by atoms with Crippen LogP contribution in [0.1, 0.15) is 50.1 Å². The molecule has 2 N–H and O–H groups in total. The van der Waals surface area contributed by atoms with Gasteiger partial charge >= 0.3 is 11.8 Å². The Morgan fingerprint density at radius 2 is 1.62 bits per heavy atom. The summed E-state index contributed by atoms with van der Waals surface area (Å²) >= 11 is 0. The van der Waals surface area contributed by atoms with Crippen molar-refractivity contribution in [3.8, 4) is 0 Å². The van der Waals surface area contributed by atoms with Crippen molar-refractivity contribution in [3.05, 3.63) is 29.8 Å². The van der Waals surface area contributed by atoms with E-state index in [4.69, 9.17) is 0 Å². The third-order valence-electron chi connectivity index (χ3n) is 4.86. The van der Waals surface area contributed by atoms with Crippen LogP contribution in [0.5, 0.6) is 0 Å². The largest absolute Gasteiger partial charge is 0.345 e. The Balaban J connectivity index is 1.64. The fourth-order valence-electron chi connectivity index (χ4n) is 3.49. The number of hydrogen-bond donors (Lipinski definition) is 2. The minimum atomic E-state index is -0.793. The van der Waals surface area contributed by atoms with Crippen LogP contribution in [0.15, 0.2) is 24.3 Å². The van der Waals surface area contributed by atoms with E-state index in [9.17, 15) is 14.4 Å². The molecule has 3 rings (SSSR count). The lowest BCUT2D eigenvalue weighted by molar-refractivity contribution is -0.140. The van der Waals surface area contributed by atoms with Crippen molar-refractivity contribution >= 4 is 23.4 Å². The molecule has 24 heavy (non-hydrogen) atoms. The number of benzene rings is 1. The Labute approximate surface area is 141 Å². The summed E-state index contributed by atoms with van der Waals surface area (Å²) in [5.41, 5.74) is 1.48. The molecule has 1 aromatic rings. The Morgan fingerprint density at radius 1 is 1.00 bits per heavy atom. The lowest BCUT2D eigenvalue weighted by atomic mass is 10.1. The molecule has 0 radical (unpaired) electrons. The fraction of sp³-hybridized carbons (Fsp3) is 0.500. The van der Waals surface area contributed by atoms with Gasteiger partial charge in [0.2, 0.25) is 0 Å². The van der Waals surface area contributed by atoms with Gasteiger partial charge in [0.1, 0.15) is 6.04 Å². The Morgan fingerprint density at radius 3 is 2.33 bits per heavy atom. The van der Waals surface area contributed by atoms with E-state index in [1.807, 2.05) is 18.2 Å². The van der Waals surface area contributed by atoms with Gasteiger partial charge in [0, 0.05) is 24.3 Å². The van der Waals surface area contributed by atoms with Gasteiger partial charge in [-0.05, 0) is 18.9 Å². The van der Waals surface area contributed by atoms with Crippen LogP contribution < -0.4 is 15.5 Å². The van der Waals surface area contributed by atoms with Crippen LogP contribution in [-0.4, -0.2) is 30.8 Å². The van der Waals surface area contributed by atoms with Gasteiger partial charge in [-0.2, -0.15) is 0 Å². The predicted molar refractivity (Wildman–Crippen MR) is 90.4 cm³/mol. The van der Waals surface area contributed by atoms with Gasteiger partial charge in [0.15, 0.2) is 0 Å². The molecular weight excluding hydrogens is 306 g/mol. The molecule has 0 spiro atoms. The molecule has 6 heteroatoms. The molecule has 128 valence electrons. The highest BCUT2D eigenvalue weighted by atomic mass is 16.2. The molecule has 1 aromatic carbocycles. The summed E-state index contributed by atoms with van der Waals surface area (Å²) in [6.45, 7) is 0. The average Bonchev–Trinajstić information content (AvgIpc) is 2.78. The van der Waals surface area contributed by atoms with Crippen molar-refractivity contribution < 1.29 is 14.4 Å². The van der Waals surface area contributed by atoms with Crippen molar-refractivity contribution in [1.29, 1.82) is 0 Å². The van der Waals surface area contributed by atoms with Crippen molar-refractivity contribution in [2.24, 2.45) is 0 Å². The average molecular weight is 329 g/mol. The first-order valence-corrected chi connectivity index (χ1v) is 8.56. The molecule has 0 bridgehead atoms. The zero-order valence-corrected chi connectivity index (χ0v) is 13.9. The fourth-order valence-corrected chi connectivity index (χ4v) is 3.49. The topological polar surface area (TPSA) is 78.5 Å². The Hall–Kier alpha value is -2.37. The smallest absolute Gasteiger partial charge is 0.310 e. The van der Waals surface area contributed by atoms with E-state index in [0.29, 0.717) is 0 Å². The summed E-state index contributed by atoms with van der Waals surface area (Å²) in [4.78, 5) is 38.2. The number of nitrogens with one attached hydrogen (secondary N) is 2. The SMILES string of the molecule is CN1C(=O)[C@@H](NC(=O)C(=O)NC2CCCCCC2)c2ccccc21. The molecule has 0 saturated heterocycles. The quantitative estimate of drug-likeness (QED) is 0.640. The normalized spacial score (nSPS) is 21.1. The summed E-state index contributed by atoms with van der Waals surface area (Å²) in [5, 5.41) is 5.38. The van der Waals surface area contributed by atoms with Crippen LogP contribution in [0.4, 0.5) is 5.69 Å². The molecular formula is C18H23N3O3. The van der Waals surface area contributed by atoms with Gasteiger partial charge in [-0.3, -0.25) is 14.4 Å². The molecule has 6 nitrogen and oxygen atoms in total. The van der Waals surface area contributed by atoms with E-state index in [2.05, 4.69) is 10.6 Å². The van der Waals surface area contributed by atoms with E-state index < -0.39 is 17.9 Å². The van der Waals surface area contributed by atoms with Gasteiger partial charge in [0.05, 0.1) is 0 Å². The lowest BCUT2D eigenvalue weighted by Gasteiger charge is -2.17. The highest BCUT2D eigenvalue weighted by Crippen LogP contribution is 2.34. The number of hydrogen-bond acceptors (Lipinski definition) is 3. The monoisotopic (exact) mass is 329 g/mol. The Kier molecular flexibility index (Phi) is 4.83. The molecule has 1 aliphatic heterocycles. The van der Waals surface area contributed by atoms with E-state index in [1.165, 1.54) is 17.7 Å². The number of rotatable bonds is 2. The summed E-state index contributed by atoms with van der Waals surface area (Å²) in [6.07, 6.45) is 6.33. The summed E-state index contributed by atoms with van der Waals surface area (Å²) in [7, 11) is 1.67. The number of nitrogens with zero attached hydrogens (tertiary/aromatic N) is 1. The van der Waals surface area contributed by atoms with Crippen LogP contribution in [-0.2, 0) is 14.4 Å². The minimum absolute atomic E-state index is 0.0555. The van der Waals surface area contributed by atoms with E-state index >= 15 is 0 Å². The first-order chi connectivity index (χ1) is 11.6. The number of anilines is 1. The van der Waals surface area contributed by atoms with Gasteiger partial charge in [0.25, 0.3) is 5.91 Å². The molecule has 0 unspecified atom stereocenters. The summed E-state index contributed by atoms with van der Waals surface area (Å²) < 4.78 is 0. The summed E-state index contributed by atoms with van der Waals surface area (Å²) in [6, 6.07) is 6.54. The second kappa shape index (κ2) is 7.03. The second-order valence-corrected chi connectivity index (χ2v) is 6.52. The molecule has 2 aliphatic rings. The zero-order valence-electron chi connectivity index (χ0n) is 13.9. The van der Waals surface area contributed by atoms with Crippen LogP contribution >= 0.6 is 0 Å². The van der Waals surface area contributed by atoms with Gasteiger partial charge in [-0.25, -0.2) is 0 Å². The van der Waals surface area contributed by atoms with Crippen LogP contribution in [0.3, 0.4) is 0 Å². The third kappa shape index (κ3) is 3.27. The number of fused-ring (bicyclic) bond motifs is 1. The first-order valence-electron chi connectivity index (χ1n) is 8.56. The summed E-state index contributed by atoms with van der Waals surface area (Å²) in [5.74, 6) is -1.63. The van der Waals surface area contributed by atoms with Gasteiger partial charge < -0.3 is 15.5 Å². The molecule has 1 atom stereocenters. The highest BCUT2D eigenvalue weighted by molar-refractivity contribution is 6.35. The number of amides is 3. The zero-order chi connectivity index (χ0) is 17.1. The van der Waals surface area contributed by atoms with Gasteiger partial charge in [-0.1, -0.05) is 43.9 Å². The predicted octanol–water partition coefficient (Wildman–Crippen LogP) is 1.66. The first kappa shape index (κ1) is 16.5. The number of para-hydroxylation sites is 1. The Bertz CT molecular complexity index is 651. The van der Waals surface area contributed by atoms with Crippen molar-refractivity contribution in [1.82, 2.24) is 10.6 Å². The molecule has 1 aliphatic carbocycles. The second-order valence-electron chi connectivity index (χ2n) is 6.52. The number of carbonyl (C=O) groups is 3. The molecule has 1 heterocycles. The standard InChI is InChI=1S/C18H23N3O3/c1-21-14-11-7-6-10-13(14)15(18(21)24)20-17(23)16(22)19-12-8-4-2-3-5-9-12/h6-7,10-12,15H,2-5,8-9H2,1H3,(H,19,22)(H,20,23)/t15-/m0/s1. The van der Waals surface area contributed by atoms with Crippen LogP contribution in [0, 0.1) is 0 Å². The molecule has 3 amide bonds. The van der Waals surface area contributed by atoms with Crippen LogP contribution in [0.25, 0.3) is 0 Å². The third-order valence-corrected chi connectivity index (χ3v) is 4.86.